The van der Waals surface area contributed by atoms with Gasteiger partial charge in [0.1, 0.15) is 10.7 Å². The molecule has 0 radical (unpaired) electrons. The first kappa shape index (κ1) is 14.7. The third-order valence-corrected chi connectivity index (χ3v) is 3.69. The summed E-state index contributed by atoms with van der Waals surface area (Å²) in [6.07, 6.45) is 0. The number of benzene rings is 1. The van der Waals surface area contributed by atoms with Gasteiger partial charge in [0, 0.05) is 26.7 Å². The van der Waals surface area contributed by atoms with Crippen molar-refractivity contribution in [3.05, 3.63) is 29.3 Å². The van der Waals surface area contributed by atoms with Crippen LogP contribution < -0.4 is 10.5 Å². The summed E-state index contributed by atoms with van der Waals surface area (Å²) in [4.78, 5) is 15.9. The summed E-state index contributed by atoms with van der Waals surface area (Å²) < 4.78 is 5.24. The molecule has 5 nitrogen and oxygen atoms in total. The highest BCUT2D eigenvalue weighted by Gasteiger charge is 2.21. The maximum atomic E-state index is 11.7. The second-order valence-electron chi connectivity index (χ2n) is 4.92. The first-order chi connectivity index (χ1) is 9.51. The van der Waals surface area contributed by atoms with Crippen LogP contribution >= 0.6 is 12.2 Å². The molecular formula is C14H19N3O2S. The minimum Gasteiger partial charge on any atom is -0.496 e. The van der Waals surface area contributed by atoms with Gasteiger partial charge < -0.3 is 15.4 Å². The van der Waals surface area contributed by atoms with E-state index in [0.717, 1.165) is 24.2 Å². The number of nitrogens with two attached hydrogens (primary N) is 1. The molecule has 2 N–H and O–H groups in total. The number of piperazine rings is 1. The lowest BCUT2D eigenvalue weighted by molar-refractivity contribution is -0.134. The fraction of sp³-hybridized carbons (Fsp3) is 0.429. The minimum atomic E-state index is 0.152. The second-order valence-corrected chi connectivity index (χ2v) is 5.36. The number of nitrogens with zero attached hydrogens (tertiary/aromatic N) is 2. The molecule has 6 heteroatoms. The number of hydrogen-bond acceptors (Lipinski definition) is 4. The molecule has 1 aromatic carbocycles. The van der Waals surface area contributed by atoms with Crippen LogP contribution in [-0.2, 0) is 11.3 Å². The Labute approximate surface area is 124 Å². The summed E-state index contributed by atoms with van der Waals surface area (Å²) in [5.41, 5.74) is 7.52. The molecule has 0 aliphatic carbocycles. The number of hydrogen-bond donors (Lipinski definition) is 1. The fourth-order valence-corrected chi connectivity index (χ4v) is 2.41. The lowest BCUT2D eigenvalue weighted by atomic mass is 10.1. The Kier molecular flexibility index (Phi) is 4.57. The maximum Gasteiger partial charge on any atom is 0.236 e. The van der Waals surface area contributed by atoms with Crippen LogP contribution in [-0.4, -0.2) is 54.5 Å². The third kappa shape index (κ3) is 3.26. The molecule has 0 aromatic heterocycles. The molecule has 108 valence electrons. The van der Waals surface area contributed by atoms with E-state index in [1.165, 1.54) is 0 Å². The van der Waals surface area contributed by atoms with Crippen LogP contribution in [0.3, 0.4) is 0 Å². The molecule has 0 unspecified atom stereocenters. The number of thiocarbonyl (C=S) groups is 1. The molecule has 0 atom stereocenters. The van der Waals surface area contributed by atoms with Crippen LogP contribution in [0, 0.1) is 0 Å². The number of ether oxygens (including phenoxy) is 1. The van der Waals surface area contributed by atoms with Crippen molar-refractivity contribution in [1.29, 1.82) is 0 Å². The van der Waals surface area contributed by atoms with Crippen molar-refractivity contribution in [2.45, 2.75) is 6.54 Å². The van der Waals surface area contributed by atoms with Gasteiger partial charge in [-0.1, -0.05) is 18.3 Å². The van der Waals surface area contributed by atoms with Crippen molar-refractivity contribution in [3.8, 4) is 5.75 Å². The molecular weight excluding hydrogens is 274 g/mol. The first-order valence-corrected chi connectivity index (χ1v) is 6.85. The molecule has 0 spiro atoms. The van der Waals surface area contributed by atoms with Crippen LogP contribution in [0.4, 0.5) is 0 Å². The number of likely N-dealkylation sites (N-methyl/N-ethyl adjacent to an activating group) is 1. The predicted molar refractivity (Wildman–Crippen MR) is 81.8 cm³/mol. The smallest absolute Gasteiger partial charge is 0.236 e. The van der Waals surface area contributed by atoms with Crippen molar-refractivity contribution in [2.24, 2.45) is 5.73 Å². The molecule has 1 aliphatic rings. The molecule has 1 saturated heterocycles. The molecule has 20 heavy (non-hydrogen) atoms. The predicted octanol–water partition coefficient (Wildman–Crippen LogP) is 0.603. The number of carbonyl (C=O) groups is 1. The molecule has 2 rings (SSSR count). The number of carbonyl (C=O) groups excluding carboxylic acids is 1. The normalized spacial score (nSPS) is 16.3. The van der Waals surface area contributed by atoms with Crippen molar-refractivity contribution in [1.82, 2.24) is 9.80 Å². The molecule has 1 aliphatic heterocycles. The fourth-order valence-electron chi connectivity index (χ4n) is 2.25. The Morgan fingerprint density at radius 1 is 1.45 bits per heavy atom. The number of rotatable bonds is 4. The Bertz CT molecular complexity index is 533. The second kappa shape index (κ2) is 6.19. The minimum absolute atomic E-state index is 0.152. The Hall–Kier alpha value is -1.66. The van der Waals surface area contributed by atoms with Gasteiger partial charge >= 0.3 is 0 Å². The summed E-state index contributed by atoms with van der Waals surface area (Å²) in [5, 5.41) is 0. The largest absolute Gasteiger partial charge is 0.496 e. The highest BCUT2D eigenvalue weighted by Crippen LogP contribution is 2.21. The summed E-state index contributed by atoms with van der Waals surface area (Å²) in [6, 6.07) is 5.77. The van der Waals surface area contributed by atoms with Crippen LogP contribution in [0.5, 0.6) is 5.75 Å². The zero-order chi connectivity index (χ0) is 14.7. The van der Waals surface area contributed by atoms with Crippen molar-refractivity contribution < 1.29 is 9.53 Å². The van der Waals surface area contributed by atoms with Gasteiger partial charge in [-0.25, -0.2) is 0 Å². The van der Waals surface area contributed by atoms with E-state index < -0.39 is 0 Å². The van der Waals surface area contributed by atoms with Gasteiger partial charge in [-0.3, -0.25) is 9.69 Å². The highest BCUT2D eigenvalue weighted by molar-refractivity contribution is 7.80. The van der Waals surface area contributed by atoms with Gasteiger partial charge in [-0.15, -0.1) is 0 Å². The standard InChI is InChI=1S/C14H19N3O2S/c1-16-5-6-17(9-13(16)18)8-10-3-4-12(19-2)11(7-10)14(15)20/h3-4,7H,5-6,8-9H2,1-2H3,(H2,15,20). The quantitative estimate of drug-likeness (QED) is 0.824. The lowest BCUT2D eigenvalue weighted by Crippen LogP contribution is -2.47. The van der Waals surface area contributed by atoms with Crippen LogP contribution in [0.15, 0.2) is 18.2 Å². The Balaban J connectivity index is 2.12. The summed E-state index contributed by atoms with van der Waals surface area (Å²) in [5.74, 6) is 0.829. The molecule has 1 fully saturated rings. The number of methoxy groups -OCH3 is 1. The first-order valence-electron chi connectivity index (χ1n) is 6.44. The van der Waals surface area contributed by atoms with Crippen molar-refractivity contribution in [3.63, 3.8) is 0 Å². The zero-order valence-corrected chi connectivity index (χ0v) is 12.6. The van der Waals surface area contributed by atoms with Gasteiger partial charge in [0.15, 0.2) is 0 Å². The van der Waals surface area contributed by atoms with Gasteiger partial charge in [-0.2, -0.15) is 0 Å². The highest BCUT2D eigenvalue weighted by atomic mass is 32.1. The van der Waals surface area contributed by atoms with Crippen LogP contribution in [0.2, 0.25) is 0 Å². The summed E-state index contributed by atoms with van der Waals surface area (Å²) in [7, 11) is 3.42. The van der Waals surface area contributed by atoms with Gasteiger partial charge in [-0.05, 0) is 17.7 Å². The van der Waals surface area contributed by atoms with E-state index in [1.54, 1.807) is 12.0 Å². The van der Waals surface area contributed by atoms with Gasteiger partial charge in [0.2, 0.25) is 5.91 Å². The van der Waals surface area contributed by atoms with Gasteiger partial charge in [0.25, 0.3) is 0 Å². The van der Waals surface area contributed by atoms with Crippen molar-refractivity contribution in [2.75, 3.05) is 33.8 Å². The van der Waals surface area contributed by atoms with E-state index in [-0.39, 0.29) is 5.91 Å². The van der Waals surface area contributed by atoms with E-state index in [2.05, 4.69) is 4.90 Å². The van der Waals surface area contributed by atoms with Crippen LogP contribution in [0.1, 0.15) is 11.1 Å². The van der Waals surface area contributed by atoms with E-state index in [4.69, 9.17) is 22.7 Å². The molecule has 1 heterocycles. The Morgan fingerprint density at radius 3 is 2.80 bits per heavy atom. The maximum absolute atomic E-state index is 11.7. The summed E-state index contributed by atoms with van der Waals surface area (Å²) in [6.45, 7) is 2.79. The average Bonchev–Trinajstić information content (AvgIpc) is 2.43. The van der Waals surface area contributed by atoms with E-state index in [0.29, 0.717) is 23.8 Å². The van der Waals surface area contributed by atoms with E-state index in [9.17, 15) is 4.79 Å². The third-order valence-electron chi connectivity index (χ3n) is 3.47. The summed E-state index contributed by atoms with van der Waals surface area (Å²) >= 11 is 5.04. The molecule has 0 saturated carbocycles. The van der Waals surface area contributed by atoms with Crippen LogP contribution in [0.25, 0.3) is 0 Å². The molecule has 1 aromatic rings. The molecule has 1 amide bonds. The Morgan fingerprint density at radius 2 is 2.20 bits per heavy atom. The number of amides is 1. The van der Waals surface area contributed by atoms with Crippen molar-refractivity contribution >= 4 is 23.1 Å². The van der Waals surface area contributed by atoms with Gasteiger partial charge in [0.05, 0.1) is 19.2 Å². The monoisotopic (exact) mass is 293 g/mol. The topological polar surface area (TPSA) is 58.8 Å². The SMILES string of the molecule is COc1ccc(CN2CCN(C)C(=O)C2)cc1C(N)=S. The average molecular weight is 293 g/mol. The zero-order valence-electron chi connectivity index (χ0n) is 11.8. The van der Waals surface area contributed by atoms with E-state index >= 15 is 0 Å². The van der Waals surface area contributed by atoms with E-state index in [1.807, 2.05) is 25.2 Å². The lowest BCUT2D eigenvalue weighted by Gasteiger charge is -2.32. The molecule has 0 bridgehead atoms.